The topological polar surface area (TPSA) is 29.3 Å². The molecular formula is C14H22BrFN2. The Bertz CT molecular complexity index is 393. The van der Waals surface area contributed by atoms with Gasteiger partial charge in [-0.3, -0.25) is 4.90 Å². The molecule has 0 aliphatic rings. The van der Waals surface area contributed by atoms with Crippen LogP contribution in [0.1, 0.15) is 26.3 Å². The number of rotatable bonds is 6. The highest BCUT2D eigenvalue weighted by Gasteiger charge is 2.19. The van der Waals surface area contributed by atoms with Crippen LogP contribution < -0.4 is 5.73 Å². The molecule has 1 aromatic rings. The zero-order valence-corrected chi connectivity index (χ0v) is 12.9. The Hall–Kier alpha value is -0.450. The van der Waals surface area contributed by atoms with Gasteiger partial charge in [0.25, 0.3) is 0 Å². The summed E-state index contributed by atoms with van der Waals surface area (Å²) in [6.45, 7) is 9.81. The summed E-state index contributed by atoms with van der Waals surface area (Å²) in [7, 11) is 0. The number of nitrogens with zero attached hydrogens (tertiary/aromatic N) is 1. The van der Waals surface area contributed by atoms with E-state index >= 15 is 0 Å². The Balaban J connectivity index is 2.74. The van der Waals surface area contributed by atoms with Gasteiger partial charge in [-0.15, -0.1) is 0 Å². The van der Waals surface area contributed by atoms with Crippen LogP contribution in [0.5, 0.6) is 0 Å². The second-order valence-electron chi connectivity index (χ2n) is 5.41. The summed E-state index contributed by atoms with van der Waals surface area (Å²) < 4.78 is 13.9. The lowest BCUT2D eigenvalue weighted by molar-refractivity contribution is 0.183. The van der Waals surface area contributed by atoms with Crippen LogP contribution in [0.4, 0.5) is 4.39 Å². The van der Waals surface area contributed by atoms with Crippen LogP contribution in [0.25, 0.3) is 0 Å². The maximum atomic E-state index is 13.0. The molecule has 0 bridgehead atoms. The standard InChI is InChI=1S/C14H22BrFN2/c1-4-18(10-14(2,3)9-17)8-11-5-6-12(16)7-13(11)15/h5-7H,4,8-10,17H2,1-3H3. The highest BCUT2D eigenvalue weighted by atomic mass is 79.9. The van der Waals surface area contributed by atoms with E-state index in [2.05, 4.69) is 41.6 Å². The van der Waals surface area contributed by atoms with Crippen LogP contribution in [0.2, 0.25) is 0 Å². The van der Waals surface area contributed by atoms with Crippen LogP contribution >= 0.6 is 15.9 Å². The first-order valence-corrected chi connectivity index (χ1v) is 7.03. The average Bonchev–Trinajstić information content (AvgIpc) is 2.31. The van der Waals surface area contributed by atoms with Crippen molar-refractivity contribution in [1.29, 1.82) is 0 Å². The Kier molecular flexibility index (Phi) is 5.76. The van der Waals surface area contributed by atoms with E-state index in [-0.39, 0.29) is 11.2 Å². The molecule has 1 rings (SSSR count). The van der Waals surface area contributed by atoms with E-state index in [9.17, 15) is 4.39 Å². The predicted molar refractivity (Wildman–Crippen MR) is 77.9 cm³/mol. The van der Waals surface area contributed by atoms with Gasteiger partial charge in [-0.2, -0.15) is 0 Å². The van der Waals surface area contributed by atoms with Crippen molar-refractivity contribution in [2.45, 2.75) is 27.3 Å². The minimum Gasteiger partial charge on any atom is -0.330 e. The number of hydrogen-bond acceptors (Lipinski definition) is 2. The lowest BCUT2D eigenvalue weighted by atomic mass is 9.93. The van der Waals surface area contributed by atoms with Crippen molar-refractivity contribution >= 4 is 15.9 Å². The van der Waals surface area contributed by atoms with Gasteiger partial charge in [0.15, 0.2) is 0 Å². The molecule has 1 aromatic carbocycles. The summed E-state index contributed by atoms with van der Waals surface area (Å²) in [4.78, 5) is 2.32. The number of hydrogen-bond donors (Lipinski definition) is 1. The monoisotopic (exact) mass is 316 g/mol. The summed E-state index contributed by atoms with van der Waals surface area (Å²) >= 11 is 3.41. The summed E-state index contributed by atoms with van der Waals surface area (Å²) in [5.74, 6) is -0.212. The largest absolute Gasteiger partial charge is 0.330 e. The Morgan fingerprint density at radius 1 is 1.39 bits per heavy atom. The van der Waals surface area contributed by atoms with Crippen LogP contribution in [0, 0.1) is 11.2 Å². The number of benzene rings is 1. The van der Waals surface area contributed by atoms with Crippen molar-refractivity contribution in [2.24, 2.45) is 11.1 Å². The summed E-state index contributed by atoms with van der Waals surface area (Å²) in [6.07, 6.45) is 0. The molecule has 18 heavy (non-hydrogen) atoms. The second-order valence-corrected chi connectivity index (χ2v) is 6.26. The molecule has 0 atom stereocenters. The molecule has 4 heteroatoms. The predicted octanol–water partition coefficient (Wildman–Crippen LogP) is 3.40. The first-order chi connectivity index (χ1) is 8.38. The van der Waals surface area contributed by atoms with Crippen molar-refractivity contribution in [3.63, 3.8) is 0 Å². The third kappa shape index (κ3) is 4.67. The minimum absolute atomic E-state index is 0.0997. The molecule has 0 saturated carbocycles. The van der Waals surface area contributed by atoms with Gasteiger partial charge in [-0.25, -0.2) is 4.39 Å². The fourth-order valence-electron chi connectivity index (χ4n) is 1.84. The fourth-order valence-corrected chi connectivity index (χ4v) is 2.32. The van der Waals surface area contributed by atoms with E-state index in [4.69, 9.17) is 5.73 Å². The Morgan fingerprint density at radius 2 is 2.06 bits per heavy atom. The molecule has 0 unspecified atom stereocenters. The number of nitrogens with two attached hydrogens (primary N) is 1. The smallest absolute Gasteiger partial charge is 0.124 e. The molecule has 2 nitrogen and oxygen atoms in total. The molecule has 0 saturated heterocycles. The molecule has 0 aliphatic heterocycles. The van der Waals surface area contributed by atoms with Gasteiger partial charge < -0.3 is 5.73 Å². The molecule has 0 fully saturated rings. The lowest BCUT2D eigenvalue weighted by Gasteiger charge is -2.31. The average molecular weight is 317 g/mol. The molecule has 0 amide bonds. The molecule has 0 aliphatic carbocycles. The normalized spacial score (nSPS) is 12.2. The first-order valence-electron chi connectivity index (χ1n) is 6.24. The summed E-state index contributed by atoms with van der Waals surface area (Å²) in [6, 6.07) is 4.84. The van der Waals surface area contributed by atoms with E-state index in [0.29, 0.717) is 6.54 Å². The Morgan fingerprint density at radius 3 is 2.56 bits per heavy atom. The van der Waals surface area contributed by atoms with Crippen molar-refractivity contribution < 1.29 is 4.39 Å². The van der Waals surface area contributed by atoms with Crippen LogP contribution in [0.3, 0.4) is 0 Å². The quantitative estimate of drug-likeness (QED) is 0.871. The third-order valence-electron chi connectivity index (χ3n) is 3.06. The van der Waals surface area contributed by atoms with E-state index in [1.54, 1.807) is 0 Å². The van der Waals surface area contributed by atoms with Gasteiger partial charge in [0, 0.05) is 17.6 Å². The Labute approximate surface area is 117 Å². The van der Waals surface area contributed by atoms with Gasteiger partial charge in [-0.05, 0) is 36.2 Å². The van der Waals surface area contributed by atoms with Gasteiger partial charge >= 0.3 is 0 Å². The molecular weight excluding hydrogens is 295 g/mol. The zero-order chi connectivity index (χ0) is 13.8. The molecule has 2 N–H and O–H groups in total. The fraction of sp³-hybridized carbons (Fsp3) is 0.571. The van der Waals surface area contributed by atoms with Crippen LogP contribution in [0.15, 0.2) is 22.7 Å². The van der Waals surface area contributed by atoms with Crippen molar-refractivity contribution in [1.82, 2.24) is 4.90 Å². The van der Waals surface area contributed by atoms with Gasteiger partial charge in [-0.1, -0.05) is 42.8 Å². The first kappa shape index (κ1) is 15.6. The molecule has 0 radical (unpaired) electrons. The van der Waals surface area contributed by atoms with Gasteiger partial charge in [0.05, 0.1) is 0 Å². The van der Waals surface area contributed by atoms with E-state index in [1.807, 2.05) is 6.07 Å². The summed E-state index contributed by atoms with van der Waals surface area (Å²) in [5.41, 5.74) is 6.97. The number of halogens is 2. The van der Waals surface area contributed by atoms with Crippen molar-refractivity contribution in [3.8, 4) is 0 Å². The highest BCUT2D eigenvalue weighted by Crippen LogP contribution is 2.22. The summed E-state index contributed by atoms with van der Waals surface area (Å²) in [5, 5.41) is 0. The van der Waals surface area contributed by atoms with Crippen LogP contribution in [-0.2, 0) is 6.54 Å². The highest BCUT2D eigenvalue weighted by molar-refractivity contribution is 9.10. The zero-order valence-electron chi connectivity index (χ0n) is 11.3. The maximum Gasteiger partial charge on any atom is 0.124 e. The van der Waals surface area contributed by atoms with E-state index < -0.39 is 0 Å². The molecule has 0 spiro atoms. The van der Waals surface area contributed by atoms with Gasteiger partial charge in [0.2, 0.25) is 0 Å². The minimum atomic E-state index is -0.212. The molecule has 102 valence electrons. The second kappa shape index (κ2) is 6.64. The van der Waals surface area contributed by atoms with Crippen molar-refractivity contribution in [3.05, 3.63) is 34.1 Å². The van der Waals surface area contributed by atoms with E-state index in [1.165, 1.54) is 12.1 Å². The third-order valence-corrected chi connectivity index (χ3v) is 3.80. The molecule has 0 heterocycles. The van der Waals surface area contributed by atoms with E-state index in [0.717, 1.165) is 29.7 Å². The lowest BCUT2D eigenvalue weighted by Crippen LogP contribution is -2.38. The van der Waals surface area contributed by atoms with Crippen molar-refractivity contribution in [2.75, 3.05) is 19.6 Å². The van der Waals surface area contributed by atoms with Crippen LogP contribution in [-0.4, -0.2) is 24.5 Å². The SMILES string of the molecule is CCN(Cc1ccc(F)cc1Br)CC(C)(C)CN. The van der Waals surface area contributed by atoms with Gasteiger partial charge in [0.1, 0.15) is 5.82 Å². The maximum absolute atomic E-state index is 13.0. The molecule has 0 aromatic heterocycles.